The molecule has 0 aliphatic carbocycles. The fraction of sp³-hybridized carbons (Fsp3) is 0.500. The Labute approximate surface area is 468 Å². The number of aliphatic hydroxyl groups is 1. The number of ether oxygens (including phenoxy) is 3. The second-order valence-corrected chi connectivity index (χ2v) is 36.4. The molecule has 0 saturated heterocycles. The van der Waals surface area contributed by atoms with Gasteiger partial charge in [0.25, 0.3) is 16.6 Å². The molecule has 77 heavy (non-hydrogen) atoms. The lowest BCUT2D eigenvalue weighted by atomic mass is 9.89. The summed E-state index contributed by atoms with van der Waals surface area (Å²) in [4.78, 5) is 14.3. The van der Waals surface area contributed by atoms with E-state index in [4.69, 9.17) is 27.5 Å². The van der Waals surface area contributed by atoms with Crippen molar-refractivity contribution in [2.75, 3.05) is 27.1 Å². The van der Waals surface area contributed by atoms with Crippen LogP contribution < -0.4 is 20.7 Å². The third-order valence-corrected chi connectivity index (χ3v) is 30.6. The molecule has 0 heterocycles. The fourth-order valence-electron chi connectivity index (χ4n) is 11.4. The van der Waals surface area contributed by atoms with E-state index < -0.39 is 43.1 Å². The van der Waals surface area contributed by atoms with Crippen LogP contribution in [0, 0.1) is 5.92 Å². The number of rotatable bonds is 35. The van der Waals surface area contributed by atoms with Crippen LogP contribution in [0.2, 0.25) is 28.2 Å². The van der Waals surface area contributed by atoms with Crippen molar-refractivity contribution in [3.05, 3.63) is 169 Å². The molecular weight excluding hydrogens is 1000 g/mol. The summed E-state index contributed by atoms with van der Waals surface area (Å²) in [6.07, 6.45) is 6.68. The predicted octanol–water partition coefficient (Wildman–Crippen LogP) is 13.3. The van der Waals surface area contributed by atoms with Crippen LogP contribution in [0.25, 0.3) is 0 Å². The quantitative estimate of drug-likeness (QED) is 0.0186. The third kappa shape index (κ3) is 17.7. The SMILES string of the molecule is CCCCC[C@@H](OCOC)[C@@H](CO[Si](c1ccccc1)(c1ccccc1)C(C)(C)C)[C@H](C[C@@H](O)CC(=O)/C=C/C[C@H](CCOCc1ccccc1)O[Si](CC)(CC)CC)O[Si](c1ccccc1)(c1ccccc1)C(C)(C)C. The monoisotopic (exact) mass is 1100 g/mol. The Morgan fingerprint density at radius 2 is 1.09 bits per heavy atom. The van der Waals surface area contributed by atoms with E-state index in [1.54, 1.807) is 13.2 Å². The summed E-state index contributed by atoms with van der Waals surface area (Å²) in [5.41, 5.74) is 1.14. The largest absolute Gasteiger partial charge is 0.414 e. The van der Waals surface area contributed by atoms with Crippen LogP contribution in [-0.4, -0.2) is 87.4 Å². The van der Waals surface area contributed by atoms with E-state index in [0.717, 1.165) is 66.2 Å². The van der Waals surface area contributed by atoms with Crippen molar-refractivity contribution in [3.8, 4) is 0 Å². The number of ketones is 1. The Balaban J connectivity index is 1.60. The van der Waals surface area contributed by atoms with Crippen molar-refractivity contribution in [2.45, 2.75) is 180 Å². The van der Waals surface area contributed by atoms with Crippen LogP contribution in [0.5, 0.6) is 0 Å². The van der Waals surface area contributed by atoms with Gasteiger partial charge in [0.1, 0.15) is 6.79 Å². The first-order valence-corrected chi connectivity index (χ1v) is 35.2. The number of carbonyl (C=O) groups is 1. The summed E-state index contributed by atoms with van der Waals surface area (Å²) in [7, 11) is -6.71. The molecule has 0 amide bonds. The van der Waals surface area contributed by atoms with Gasteiger partial charge in [-0.25, -0.2) is 0 Å². The molecule has 5 aromatic rings. The molecule has 0 aliphatic heterocycles. The van der Waals surface area contributed by atoms with Gasteiger partial charge >= 0.3 is 0 Å². The molecule has 5 atom stereocenters. The molecule has 5 rings (SSSR count). The van der Waals surface area contributed by atoms with Crippen LogP contribution >= 0.6 is 0 Å². The number of unbranched alkanes of at least 4 members (excludes halogenated alkanes) is 2. The standard InChI is InChI=1S/C66H96O8Si3/c1-12-16-22-46-63(71-53-69-11)62(52-72-76(65(5,6)7,58-38-25-18-26-39-58)59-40-27-19-28-41-59)64(74-77(66(8,9)10,60-42-29-20-30-43-60)61-44-31-21-32-45-61)50-56(68)49-55(67)36-33-37-57(73-75(13-2,14-3)15-4)47-48-70-51-54-34-23-17-24-35-54/h17-21,23-36,38-45,56-57,62-64,68H,12-16,22,37,46-53H2,1-11H3/b36-33+/t56-,57+,62+,63+,64-/m0/s1. The van der Waals surface area contributed by atoms with Crippen LogP contribution in [0.15, 0.2) is 164 Å². The molecule has 0 spiro atoms. The molecule has 11 heteroatoms. The van der Waals surface area contributed by atoms with Gasteiger partial charge in [-0.2, -0.15) is 0 Å². The number of aliphatic hydroxyl groups excluding tert-OH is 1. The second-order valence-electron chi connectivity index (χ2n) is 23.1. The Hall–Kier alpha value is -4.12. The molecule has 0 saturated carbocycles. The maximum atomic E-state index is 14.3. The Bertz CT molecular complexity index is 2320. The first-order valence-electron chi connectivity index (χ1n) is 28.8. The normalized spacial score (nSPS) is 14.8. The van der Waals surface area contributed by atoms with Crippen molar-refractivity contribution in [1.82, 2.24) is 0 Å². The molecule has 5 aromatic carbocycles. The predicted molar refractivity (Wildman–Crippen MR) is 327 cm³/mol. The van der Waals surface area contributed by atoms with Gasteiger partial charge in [-0.3, -0.25) is 4.79 Å². The minimum Gasteiger partial charge on any atom is -0.414 e. The van der Waals surface area contributed by atoms with Crippen LogP contribution in [0.3, 0.4) is 0 Å². The molecule has 0 fully saturated rings. The minimum atomic E-state index is -3.30. The van der Waals surface area contributed by atoms with Crippen molar-refractivity contribution >= 4 is 51.5 Å². The molecule has 8 nitrogen and oxygen atoms in total. The zero-order chi connectivity index (χ0) is 55.8. The number of carbonyl (C=O) groups excluding carboxylic acids is 1. The van der Waals surface area contributed by atoms with Crippen molar-refractivity contribution in [1.29, 1.82) is 0 Å². The maximum absolute atomic E-state index is 14.3. The molecule has 1 N–H and O–H groups in total. The zero-order valence-corrected chi connectivity index (χ0v) is 51.9. The molecule has 0 radical (unpaired) electrons. The Morgan fingerprint density at radius 1 is 0.610 bits per heavy atom. The Kier molecular flexibility index (Phi) is 26.2. The van der Waals surface area contributed by atoms with Gasteiger partial charge < -0.3 is 32.6 Å². The van der Waals surface area contributed by atoms with Crippen molar-refractivity contribution in [3.63, 3.8) is 0 Å². The molecule has 0 aliphatic rings. The first-order chi connectivity index (χ1) is 37.0. The van der Waals surface area contributed by atoms with E-state index in [-0.39, 0.29) is 54.3 Å². The first kappa shape index (κ1) is 63.7. The number of benzene rings is 5. The molecule has 0 unspecified atom stereocenters. The van der Waals surface area contributed by atoms with Crippen molar-refractivity contribution < 1.29 is 37.4 Å². The average Bonchev–Trinajstić information content (AvgIpc) is 3.48. The lowest BCUT2D eigenvalue weighted by Crippen LogP contribution is -2.69. The summed E-state index contributed by atoms with van der Waals surface area (Å²) in [5.74, 6) is -0.534. The fourth-order valence-corrected chi connectivity index (χ4v) is 23.7. The van der Waals surface area contributed by atoms with Gasteiger partial charge in [0.15, 0.2) is 14.1 Å². The van der Waals surface area contributed by atoms with Gasteiger partial charge in [0.2, 0.25) is 0 Å². The second kappa shape index (κ2) is 31.6. The van der Waals surface area contributed by atoms with Gasteiger partial charge in [0, 0.05) is 32.7 Å². The number of methoxy groups -OCH3 is 1. The van der Waals surface area contributed by atoms with E-state index in [1.807, 2.05) is 24.3 Å². The highest BCUT2D eigenvalue weighted by atomic mass is 28.4. The van der Waals surface area contributed by atoms with Gasteiger partial charge in [-0.15, -0.1) is 0 Å². The van der Waals surface area contributed by atoms with E-state index >= 15 is 0 Å². The van der Waals surface area contributed by atoms with E-state index in [9.17, 15) is 9.90 Å². The summed E-state index contributed by atoms with van der Waals surface area (Å²) >= 11 is 0. The number of hydrogen-bond acceptors (Lipinski definition) is 8. The highest BCUT2D eigenvalue weighted by Crippen LogP contribution is 2.42. The lowest BCUT2D eigenvalue weighted by molar-refractivity contribution is -0.124. The van der Waals surface area contributed by atoms with Gasteiger partial charge in [-0.05, 0) is 86.3 Å². The molecule has 0 bridgehead atoms. The smallest absolute Gasteiger partial charge is 0.261 e. The summed E-state index contributed by atoms with van der Waals surface area (Å²) in [6.45, 7) is 24.2. The van der Waals surface area contributed by atoms with Crippen LogP contribution in [-0.2, 0) is 38.9 Å². The molecule has 420 valence electrons. The Morgan fingerprint density at radius 3 is 1.55 bits per heavy atom. The topological polar surface area (TPSA) is 92.7 Å². The van der Waals surface area contributed by atoms with Gasteiger partial charge in [-0.1, -0.05) is 246 Å². The third-order valence-electron chi connectivity index (χ3n) is 15.8. The minimum absolute atomic E-state index is 0.0674. The lowest BCUT2D eigenvalue weighted by Gasteiger charge is -2.49. The van der Waals surface area contributed by atoms with Gasteiger partial charge in [0.05, 0.1) is 31.0 Å². The summed E-state index contributed by atoms with van der Waals surface area (Å²) in [5, 5.41) is 16.5. The van der Waals surface area contributed by atoms with E-state index in [1.165, 1.54) is 10.4 Å². The average molecular weight is 1100 g/mol. The van der Waals surface area contributed by atoms with Crippen LogP contribution in [0.1, 0.15) is 126 Å². The van der Waals surface area contributed by atoms with E-state index in [2.05, 4.69) is 203 Å². The summed E-state index contributed by atoms with van der Waals surface area (Å²) < 4.78 is 41.9. The summed E-state index contributed by atoms with van der Waals surface area (Å²) in [6, 6.07) is 56.2. The van der Waals surface area contributed by atoms with Crippen LogP contribution in [0.4, 0.5) is 0 Å². The number of allylic oxidation sites excluding steroid dienone is 1. The van der Waals surface area contributed by atoms with Crippen molar-refractivity contribution in [2.24, 2.45) is 5.92 Å². The number of hydrogen-bond donors (Lipinski definition) is 1. The van der Waals surface area contributed by atoms with E-state index in [0.29, 0.717) is 19.6 Å². The maximum Gasteiger partial charge on any atom is 0.261 e. The molecule has 0 aromatic heterocycles. The highest BCUT2D eigenvalue weighted by molar-refractivity contribution is 7.00. The molecular formula is C66H96O8Si3. The zero-order valence-electron chi connectivity index (χ0n) is 48.9. The highest BCUT2D eigenvalue weighted by Gasteiger charge is 2.55.